The number of aromatic nitrogens is 2. The maximum Gasteiger partial charge on any atom is 0.161 e. The van der Waals surface area contributed by atoms with Gasteiger partial charge in [0.05, 0.1) is 11.2 Å². The van der Waals surface area contributed by atoms with E-state index in [1.54, 1.807) is 0 Å². The third-order valence-electron chi connectivity index (χ3n) is 10.1. The van der Waals surface area contributed by atoms with Crippen LogP contribution >= 0.6 is 0 Å². The molecule has 4 nitrogen and oxygen atoms in total. The van der Waals surface area contributed by atoms with Crippen molar-refractivity contribution in [1.82, 2.24) is 9.97 Å². The van der Waals surface area contributed by atoms with Crippen LogP contribution in [0.5, 0.6) is 0 Å². The average molecular weight is 639 g/mol. The molecule has 0 saturated heterocycles. The standard InChI is InChI=1S/C46H26N2O2/c1-2-10-27(11-3-1)29-20-22-40-36(24-29)37-26-38(32-14-6-7-15-33(32)45(37)50-40)46-47-39-17-9-8-16-34(39)44(48-46)30-18-21-35-42(25-30)49-41-23-19-28-12-4-5-13-31(28)43(35)41/h1-26H. The summed E-state index contributed by atoms with van der Waals surface area (Å²) < 4.78 is 13.0. The lowest BCUT2D eigenvalue weighted by Crippen LogP contribution is -1.96. The number of para-hydroxylation sites is 1. The molecule has 0 atom stereocenters. The first-order valence-corrected chi connectivity index (χ1v) is 16.8. The Balaban J connectivity index is 1.16. The third kappa shape index (κ3) is 3.99. The molecule has 0 fully saturated rings. The molecule has 11 rings (SSSR count). The van der Waals surface area contributed by atoms with Gasteiger partial charge in [0, 0.05) is 43.4 Å². The largest absolute Gasteiger partial charge is 0.456 e. The van der Waals surface area contributed by atoms with Gasteiger partial charge in [-0.05, 0) is 69.8 Å². The van der Waals surface area contributed by atoms with E-state index in [0.29, 0.717) is 5.82 Å². The van der Waals surface area contributed by atoms with Gasteiger partial charge in [0.1, 0.15) is 22.3 Å². The lowest BCUT2D eigenvalue weighted by atomic mass is 9.97. The van der Waals surface area contributed by atoms with E-state index in [2.05, 4.69) is 140 Å². The van der Waals surface area contributed by atoms with Gasteiger partial charge in [-0.1, -0.05) is 115 Å². The highest BCUT2D eigenvalue weighted by Gasteiger charge is 2.20. The van der Waals surface area contributed by atoms with Gasteiger partial charge in [-0.2, -0.15) is 0 Å². The van der Waals surface area contributed by atoms with Gasteiger partial charge in [0.15, 0.2) is 5.82 Å². The van der Waals surface area contributed by atoms with Crippen LogP contribution < -0.4 is 0 Å². The van der Waals surface area contributed by atoms with E-state index >= 15 is 0 Å². The SMILES string of the molecule is c1ccc(-c2ccc3oc4c5ccccc5c(-c5nc(-c6ccc7c(c6)oc6ccc8ccccc8c67)c6ccccc6n5)cc4c3c2)cc1. The summed E-state index contributed by atoms with van der Waals surface area (Å²) in [5.41, 5.74) is 9.45. The Morgan fingerprint density at radius 2 is 1.12 bits per heavy atom. The zero-order valence-corrected chi connectivity index (χ0v) is 26.7. The van der Waals surface area contributed by atoms with E-state index < -0.39 is 0 Å². The first-order valence-electron chi connectivity index (χ1n) is 16.8. The van der Waals surface area contributed by atoms with Crippen LogP contribution in [0.1, 0.15) is 0 Å². The molecule has 0 bridgehead atoms. The highest BCUT2D eigenvalue weighted by molar-refractivity contribution is 6.20. The van der Waals surface area contributed by atoms with Gasteiger partial charge < -0.3 is 8.83 Å². The topological polar surface area (TPSA) is 52.1 Å². The number of hydrogen-bond acceptors (Lipinski definition) is 4. The number of benzene rings is 8. The van der Waals surface area contributed by atoms with Crippen LogP contribution in [0, 0.1) is 0 Å². The van der Waals surface area contributed by atoms with E-state index in [0.717, 1.165) is 87.9 Å². The summed E-state index contributed by atoms with van der Waals surface area (Å²) in [6.07, 6.45) is 0. The number of hydrogen-bond donors (Lipinski definition) is 0. The summed E-state index contributed by atoms with van der Waals surface area (Å²) in [7, 11) is 0. The molecular formula is C46H26N2O2. The first kappa shape index (κ1) is 27.2. The highest BCUT2D eigenvalue weighted by atomic mass is 16.3. The van der Waals surface area contributed by atoms with Crippen molar-refractivity contribution in [2.75, 3.05) is 0 Å². The molecule has 0 aliphatic carbocycles. The summed E-state index contributed by atoms with van der Waals surface area (Å²) in [6.45, 7) is 0. The molecule has 0 amide bonds. The first-order chi connectivity index (χ1) is 24.8. The predicted octanol–water partition coefficient (Wildman–Crippen LogP) is 12.7. The van der Waals surface area contributed by atoms with Crippen LogP contribution in [0.2, 0.25) is 0 Å². The van der Waals surface area contributed by atoms with Crippen LogP contribution in [0.25, 0.3) is 110 Å². The van der Waals surface area contributed by atoms with Gasteiger partial charge >= 0.3 is 0 Å². The molecule has 3 heterocycles. The molecule has 0 saturated carbocycles. The molecule has 0 aliphatic heterocycles. The summed E-state index contributed by atoms with van der Waals surface area (Å²) in [4.78, 5) is 10.5. The quantitative estimate of drug-likeness (QED) is 0.193. The average Bonchev–Trinajstić information content (AvgIpc) is 3.75. The Hall–Kier alpha value is -6.78. The summed E-state index contributed by atoms with van der Waals surface area (Å²) in [5.74, 6) is 0.668. The molecule has 4 heteroatoms. The summed E-state index contributed by atoms with van der Waals surface area (Å²) in [5, 5.41) is 9.80. The minimum Gasteiger partial charge on any atom is -0.456 e. The Labute approximate surface area is 285 Å². The van der Waals surface area contributed by atoms with Crippen LogP contribution in [-0.2, 0) is 0 Å². The monoisotopic (exact) mass is 638 g/mol. The fourth-order valence-electron chi connectivity index (χ4n) is 7.70. The van der Waals surface area contributed by atoms with Crippen molar-refractivity contribution in [3.8, 4) is 33.8 Å². The Morgan fingerprint density at radius 3 is 2.02 bits per heavy atom. The van der Waals surface area contributed by atoms with Crippen molar-refractivity contribution in [2.45, 2.75) is 0 Å². The predicted molar refractivity (Wildman–Crippen MR) is 205 cm³/mol. The lowest BCUT2D eigenvalue weighted by molar-refractivity contribution is 0.669. The minimum absolute atomic E-state index is 0.668. The summed E-state index contributed by atoms with van der Waals surface area (Å²) >= 11 is 0. The second-order valence-electron chi connectivity index (χ2n) is 12.9. The van der Waals surface area contributed by atoms with Crippen molar-refractivity contribution in [3.05, 3.63) is 158 Å². The number of fused-ring (bicyclic) bond motifs is 11. The van der Waals surface area contributed by atoms with Gasteiger partial charge in [-0.25, -0.2) is 9.97 Å². The molecule has 3 aromatic heterocycles. The van der Waals surface area contributed by atoms with Crippen molar-refractivity contribution in [2.24, 2.45) is 0 Å². The molecule has 0 radical (unpaired) electrons. The molecule has 0 N–H and O–H groups in total. The maximum absolute atomic E-state index is 6.55. The van der Waals surface area contributed by atoms with Crippen LogP contribution in [0.4, 0.5) is 0 Å². The smallest absolute Gasteiger partial charge is 0.161 e. The highest BCUT2D eigenvalue weighted by Crippen LogP contribution is 2.42. The second kappa shape index (κ2) is 10.4. The molecule has 11 aromatic rings. The molecule has 232 valence electrons. The van der Waals surface area contributed by atoms with Crippen molar-refractivity contribution in [3.63, 3.8) is 0 Å². The number of furan rings is 2. The van der Waals surface area contributed by atoms with Gasteiger partial charge in [0.25, 0.3) is 0 Å². The van der Waals surface area contributed by atoms with Crippen LogP contribution in [-0.4, -0.2) is 9.97 Å². The Morgan fingerprint density at radius 1 is 0.380 bits per heavy atom. The number of rotatable bonds is 3. The van der Waals surface area contributed by atoms with Crippen molar-refractivity contribution >= 4 is 76.3 Å². The van der Waals surface area contributed by atoms with E-state index in [1.807, 2.05) is 18.2 Å². The van der Waals surface area contributed by atoms with Gasteiger partial charge in [0.2, 0.25) is 0 Å². The van der Waals surface area contributed by atoms with Crippen LogP contribution in [0.15, 0.2) is 167 Å². The van der Waals surface area contributed by atoms with E-state index in [9.17, 15) is 0 Å². The fraction of sp³-hybridized carbons (Fsp3) is 0. The van der Waals surface area contributed by atoms with E-state index in [4.69, 9.17) is 18.8 Å². The fourth-order valence-corrected chi connectivity index (χ4v) is 7.70. The van der Waals surface area contributed by atoms with Crippen molar-refractivity contribution in [1.29, 1.82) is 0 Å². The number of nitrogens with zero attached hydrogens (tertiary/aromatic N) is 2. The van der Waals surface area contributed by atoms with Gasteiger partial charge in [-0.15, -0.1) is 0 Å². The van der Waals surface area contributed by atoms with E-state index in [-0.39, 0.29) is 0 Å². The molecule has 0 unspecified atom stereocenters. The molecule has 50 heavy (non-hydrogen) atoms. The molecule has 0 spiro atoms. The molecule has 0 aliphatic rings. The Kier molecular flexibility index (Phi) is 5.63. The second-order valence-corrected chi connectivity index (χ2v) is 12.9. The third-order valence-corrected chi connectivity index (χ3v) is 10.1. The Bertz CT molecular complexity index is 3150. The minimum atomic E-state index is 0.668. The normalized spacial score (nSPS) is 12.0. The zero-order chi connectivity index (χ0) is 32.8. The van der Waals surface area contributed by atoms with Gasteiger partial charge in [-0.3, -0.25) is 0 Å². The lowest BCUT2D eigenvalue weighted by Gasteiger charge is -2.12. The van der Waals surface area contributed by atoms with Crippen LogP contribution in [0.3, 0.4) is 0 Å². The summed E-state index contributed by atoms with van der Waals surface area (Å²) in [6, 6.07) is 54.8. The van der Waals surface area contributed by atoms with Crippen molar-refractivity contribution < 1.29 is 8.83 Å². The molecular weight excluding hydrogens is 613 g/mol. The zero-order valence-electron chi connectivity index (χ0n) is 26.7. The molecule has 8 aromatic carbocycles. The maximum atomic E-state index is 6.55. The van der Waals surface area contributed by atoms with E-state index in [1.165, 1.54) is 16.3 Å².